The number of halogens is 3. The fourth-order valence-electron chi connectivity index (χ4n) is 2.25. The van der Waals surface area contributed by atoms with Gasteiger partial charge in [0, 0.05) is 10.6 Å². The molecular weight excluding hydrogens is 345 g/mol. The molecule has 0 aliphatic heterocycles. The second kappa shape index (κ2) is 7.34. The van der Waals surface area contributed by atoms with Crippen molar-refractivity contribution in [1.82, 2.24) is 5.32 Å². The van der Waals surface area contributed by atoms with Crippen molar-refractivity contribution in [2.75, 3.05) is 6.54 Å². The summed E-state index contributed by atoms with van der Waals surface area (Å²) >= 11 is 20.3. The molecule has 114 valence electrons. The Kier molecular flexibility index (Phi) is 5.98. The smallest absolute Gasteiger partial charge is 0.0995 e. The lowest BCUT2D eigenvalue weighted by Crippen LogP contribution is -2.23. The van der Waals surface area contributed by atoms with E-state index in [1.54, 1.807) is 0 Å². The third-order valence-electron chi connectivity index (χ3n) is 3.52. The molecule has 1 nitrogen and oxygen atoms in total. The van der Waals surface area contributed by atoms with Crippen molar-refractivity contribution >= 4 is 46.1 Å². The predicted molar refractivity (Wildman–Crippen MR) is 95.4 cm³/mol. The summed E-state index contributed by atoms with van der Waals surface area (Å²) in [5.41, 5.74) is 4.44. The first-order valence-corrected chi connectivity index (χ1v) is 8.83. The van der Waals surface area contributed by atoms with Crippen LogP contribution in [0.5, 0.6) is 0 Å². The van der Waals surface area contributed by atoms with E-state index >= 15 is 0 Å². The van der Waals surface area contributed by atoms with Crippen LogP contribution < -0.4 is 5.32 Å². The first-order valence-electron chi connectivity index (χ1n) is 6.88. The summed E-state index contributed by atoms with van der Waals surface area (Å²) in [6, 6.07) is 6.03. The van der Waals surface area contributed by atoms with Crippen molar-refractivity contribution in [2.24, 2.45) is 0 Å². The Morgan fingerprint density at radius 2 is 1.71 bits per heavy atom. The zero-order valence-electron chi connectivity index (χ0n) is 12.3. The van der Waals surface area contributed by atoms with Crippen molar-refractivity contribution in [3.8, 4) is 0 Å². The molecule has 0 aliphatic rings. The molecule has 0 saturated heterocycles. The highest BCUT2D eigenvalue weighted by molar-refractivity contribution is 7.20. The summed E-state index contributed by atoms with van der Waals surface area (Å²) in [6.07, 6.45) is 1.04. The van der Waals surface area contributed by atoms with Crippen LogP contribution in [0.4, 0.5) is 0 Å². The van der Waals surface area contributed by atoms with E-state index in [1.165, 1.54) is 22.5 Å². The van der Waals surface area contributed by atoms with Gasteiger partial charge in [0.05, 0.1) is 14.7 Å². The number of hydrogen-bond acceptors (Lipinski definition) is 2. The molecule has 5 heteroatoms. The second-order valence-corrected chi connectivity index (χ2v) is 7.82. The van der Waals surface area contributed by atoms with Crippen LogP contribution in [-0.4, -0.2) is 6.54 Å². The van der Waals surface area contributed by atoms with Gasteiger partial charge in [0.25, 0.3) is 0 Å². The van der Waals surface area contributed by atoms with Crippen LogP contribution in [0.3, 0.4) is 0 Å². The van der Waals surface area contributed by atoms with Gasteiger partial charge in [-0.1, -0.05) is 47.8 Å². The summed E-state index contributed by atoms with van der Waals surface area (Å²) < 4.78 is 1.40. The van der Waals surface area contributed by atoms with E-state index < -0.39 is 0 Å². The van der Waals surface area contributed by atoms with Crippen molar-refractivity contribution in [2.45, 2.75) is 33.2 Å². The van der Waals surface area contributed by atoms with E-state index in [4.69, 9.17) is 34.8 Å². The monoisotopic (exact) mass is 361 g/mol. The standard InChI is InChI=1S/C16H18Cl3NS/c1-4-5-20-15(12-8-14(18)21-16(12)19)11-6-9(2)10(3)7-13(11)17/h6-8,15,20H,4-5H2,1-3H3. The summed E-state index contributed by atoms with van der Waals surface area (Å²) in [6.45, 7) is 7.17. The number of hydrogen-bond donors (Lipinski definition) is 1. The maximum Gasteiger partial charge on any atom is 0.0995 e. The van der Waals surface area contributed by atoms with Crippen molar-refractivity contribution in [3.05, 3.63) is 54.1 Å². The zero-order chi connectivity index (χ0) is 15.6. The van der Waals surface area contributed by atoms with Gasteiger partial charge in [0.1, 0.15) is 0 Å². The molecule has 21 heavy (non-hydrogen) atoms. The number of nitrogens with one attached hydrogen (secondary N) is 1. The molecule has 1 aromatic heterocycles. The van der Waals surface area contributed by atoms with Crippen LogP contribution >= 0.6 is 46.1 Å². The molecule has 1 heterocycles. The quantitative estimate of drug-likeness (QED) is 0.647. The lowest BCUT2D eigenvalue weighted by atomic mass is 9.97. The van der Waals surface area contributed by atoms with E-state index in [-0.39, 0.29) is 6.04 Å². The first-order chi connectivity index (χ1) is 9.93. The van der Waals surface area contributed by atoms with Crippen LogP contribution in [0.2, 0.25) is 13.7 Å². The molecule has 0 aliphatic carbocycles. The summed E-state index contributed by atoms with van der Waals surface area (Å²) in [5, 5.41) is 4.28. The van der Waals surface area contributed by atoms with Crippen molar-refractivity contribution < 1.29 is 0 Å². The van der Waals surface area contributed by atoms with Crippen LogP contribution in [0.25, 0.3) is 0 Å². The van der Waals surface area contributed by atoms with E-state index in [2.05, 4.69) is 32.2 Å². The average molecular weight is 363 g/mol. The molecular formula is C16H18Cl3NS. The Labute approximate surface area is 145 Å². The summed E-state index contributed by atoms with van der Waals surface area (Å²) in [7, 11) is 0. The maximum atomic E-state index is 6.47. The summed E-state index contributed by atoms with van der Waals surface area (Å²) in [5.74, 6) is 0. The molecule has 0 saturated carbocycles. The van der Waals surface area contributed by atoms with Gasteiger partial charge in [0.15, 0.2) is 0 Å². The molecule has 1 atom stereocenters. The Bertz CT molecular complexity index is 637. The lowest BCUT2D eigenvalue weighted by Gasteiger charge is -2.21. The fourth-order valence-corrected chi connectivity index (χ4v) is 4.11. The molecule has 0 amide bonds. The molecule has 0 radical (unpaired) electrons. The molecule has 1 aromatic carbocycles. The van der Waals surface area contributed by atoms with Gasteiger partial charge in [0.2, 0.25) is 0 Å². The molecule has 0 bridgehead atoms. The molecule has 0 spiro atoms. The second-order valence-electron chi connectivity index (χ2n) is 5.12. The topological polar surface area (TPSA) is 12.0 Å². The minimum absolute atomic E-state index is 0.0343. The minimum Gasteiger partial charge on any atom is -0.306 e. The largest absolute Gasteiger partial charge is 0.306 e. The third-order valence-corrected chi connectivity index (χ3v) is 5.36. The summed E-state index contributed by atoms with van der Waals surface area (Å²) in [4.78, 5) is 0. The van der Waals surface area contributed by atoms with Gasteiger partial charge in [-0.3, -0.25) is 0 Å². The Morgan fingerprint density at radius 3 is 2.29 bits per heavy atom. The predicted octanol–water partition coefficient (Wildman–Crippen LogP) is 6.41. The van der Waals surface area contributed by atoms with Gasteiger partial charge in [-0.15, -0.1) is 11.3 Å². The third kappa shape index (κ3) is 3.94. The Balaban J connectivity index is 2.50. The molecule has 0 fully saturated rings. The Hall–Kier alpha value is -0.250. The SMILES string of the molecule is CCCNC(c1cc(C)c(C)cc1Cl)c1cc(Cl)sc1Cl. The highest BCUT2D eigenvalue weighted by Crippen LogP contribution is 2.39. The van der Waals surface area contributed by atoms with Crippen molar-refractivity contribution in [3.63, 3.8) is 0 Å². The molecule has 1 N–H and O–H groups in total. The van der Waals surface area contributed by atoms with Crippen molar-refractivity contribution in [1.29, 1.82) is 0 Å². The normalized spacial score (nSPS) is 12.7. The van der Waals surface area contributed by atoms with Crippen LogP contribution in [0.15, 0.2) is 18.2 Å². The number of thiophene rings is 1. The first kappa shape index (κ1) is 17.1. The van der Waals surface area contributed by atoms with Crippen LogP contribution in [-0.2, 0) is 0 Å². The van der Waals surface area contributed by atoms with Gasteiger partial charge in [-0.05, 0) is 55.6 Å². The molecule has 2 aromatic rings. The van der Waals surface area contributed by atoms with E-state index in [1.807, 2.05) is 12.1 Å². The number of aryl methyl sites for hydroxylation is 2. The van der Waals surface area contributed by atoms with Gasteiger partial charge in [-0.25, -0.2) is 0 Å². The number of benzene rings is 1. The highest BCUT2D eigenvalue weighted by Gasteiger charge is 2.21. The fraction of sp³-hybridized carbons (Fsp3) is 0.375. The van der Waals surface area contributed by atoms with E-state index in [0.29, 0.717) is 8.67 Å². The van der Waals surface area contributed by atoms with Crippen LogP contribution in [0.1, 0.15) is 41.6 Å². The maximum absolute atomic E-state index is 6.47. The number of rotatable bonds is 5. The van der Waals surface area contributed by atoms with Gasteiger partial charge in [-0.2, -0.15) is 0 Å². The van der Waals surface area contributed by atoms with Gasteiger partial charge >= 0.3 is 0 Å². The highest BCUT2D eigenvalue weighted by atomic mass is 35.5. The molecule has 2 rings (SSSR count). The lowest BCUT2D eigenvalue weighted by molar-refractivity contribution is 0.600. The average Bonchev–Trinajstić information content (AvgIpc) is 2.75. The Morgan fingerprint density at radius 1 is 1.05 bits per heavy atom. The minimum atomic E-state index is -0.0343. The zero-order valence-corrected chi connectivity index (χ0v) is 15.4. The van der Waals surface area contributed by atoms with E-state index in [0.717, 1.165) is 29.1 Å². The van der Waals surface area contributed by atoms with E-state index in [9.17, 15) is 0 Å². The van der Waals surface area contributed by atoms with Crippen LogP contribution in [0, 0.1) is 13.8 Å². The van der Waals surface area contributed by atoms with Gasteiger partial charge < -0.3 is 5.32 Å². The molecule has 1 unspecified atom stereocenters.